The Bertz CT molecular complexity index is 1260. The van der Waals surface area contributed by atoms with E-state index in [1.165, 1.54) is 4.90 Å². The van der Waals surface area contributed by atoms with E-state index < -0.39 is 35.5 Å². The van der Waals surface area contributed by atoms with Gasteiger partial charge in [-0.15, -0.1) is 0 Å². The molecular weight excluding hydrogens is 518 g/mol. The number of para-hydroxylation sites is 1. The average molecular weight is 556 g/mol. The van der Waals surface area contributed by atoms with Crippen molar-refractivity contribution < 1.29 is 24.5 Å². The smallest absolute Gasteiger partial charge is 0.255 e. The van der Waals surface area contributed by atoms with Gasteiger partial charge in [0.2, 0.25) is 11.7 Å². The van der Waals surface area contributed by atoms with Gasteiger partial charge in [0.05, 0.1) is 30.3 Å². The maximum atomic E-state index is 13.5. The minimum atomic E-state index is -2.61. The molecule has 40 heavy (non-hydrogen) atoms. The lowest BCUT2D eigenvalue weighted by atomic mass is 9.79. The SMILES string of the molecule is CC1(C)CCOc2c(C(=O)N[C@H]3CN4C(=N)N[C@@H](CNC(=O)[C@H]5CCCN5)[C@@H]5NC(=N)N[C@@]54C3(O)O)cccc21. The number of rotatable bonds is 5. The van der Waals surface area contributed by atoms with Crippen molar-refractivity contribution in [2.75, 3.05) is 26.2 Å². The molecule has 216 valence electrons. The second-order valence-corrected chi connectivity index (χ2v) is 11.9. The number of carbonyl (C=O) groups excluding carboxylic acids is 2. The number of nitrogens with zero attached hydrogens (tertiary/aromatic N) is 1. The van der Waals surface area contributed by atoms with Crippen LogP contribution in [0.5, 0.6) is 5.75 Å². The molecule has 5 atom stereocenters. The van der Waals surface area contributed by atoms with Crippen LogP contribution in [0.15, 0.2) is 18.2 Å². The predicted molar refractivity (Wildman–Crippen MR) is 144 cm³/mol. The van der Waals surface area contributed by atoms with E-state index in [1.54, 1.807) is 12.1 Å². The van der Waals surface area contributed by atoms with Crippen LogP contribution >= 0.6 is 0 Å². The Hall–Kier alpha value is -3.62. The van der Waals surface area contributed by atoms with E-state index in [-0.39, 0.29) is 42.4 Å². The zero-order chi connectivity index (χ0) is 28.4. The molecule has 1 aromatic carbocycles. The topological polar surface area (TPSA) is 207 Å². The van der Waals surface area contributed by atoms with Gasteiger partial charge in [0, 0.05) is 18.7 Å². The summed E-state index contributed by atoms with van der Waals surface area (Å²) in [4.78, 5) is 27.6. The molecule has 0 aliphatic carbocycles. The van der Waals surface area contributed by atoms with Gasteiger partial charge >= 0.3 is 0 Å². The summed E-state index contributed by atoms with van der Waals surface area (Å²) < 4.78 is 5.89. The maximum absolute atomic E-state index is 13.5. The normalized spacial score (nSPS) is 33.0. The second-order valence-electron chi connectivity index (χ2n) is 11.9. The van der Waals surface area contributed by atoms with Crippen LogP contribution in [-0.4, -0.2) is 101 Å². The summed E-state index contributed by atoms with van der Waals surface area (Å²) in [6.07, 6.45) is 2.45. The number of ether oxygens (including phenoxy) is 1. The van der Waals surface area contributed by atoms with Crippen molar-refractivity contribution in [3.8, 4) is 5.75 Å². The number of amides is 2. The Morgan fingerprint density at radius 2 is 2.02 bits per heavy atom. The van der Waals surface area contributed by atoms with E-state index in [2.05, 4.69) is 45.7 Å². The van der Waals surface area contributed by atoms with Crippen LogP contribution in [-0.2, 0) is 10.2 Å². The number of fused-ring (bicyclic) bond motifs is 1. The molecule has 5 aliphatic heterocycles. The molecule has 5 aliphatic rings. The van der Waals surface area contributed by atoms with E-state index in [4.69, 9.17) is 15.6 Å². The van der Waals surface area contributed by atoms with Gasteiger partial charge < -0.3 is 51.8 Å². The molecule has 6 rings (SSSR count). The summed E-state index contributed by atoms with van der Waals surface area (Å²) >= 11 is 0. The largest absolute Gasteiger partial charge is 0.492 e. The lowest BCUT2D eigenvalue weighted by Gasteiger charge is -2.51. The first kappa shape index (κ1) is 26.6. The number of benzene rings is 1. The number of nitrogens with one attached hydrogen (secondary N) is 8. The monoisotopic (exact) mass is 555 g/mol. The highest BCUT2D eigenvalue weighted by molar-refractivity contribution is 5.98. The lowest BCUT2D eigenvalue weighted by Crippen LogP contribution is -2.81. The molecule has 4 fully saturated rings. The molecule has 1 aromatic rings. The Kier molecular flexibility index (Phi) is 6.12. The Balaban J connectivity index is 1.25. The van der Waals surface area contributed by atoms with Crippen LogP contribution in [0.25, 0.3) is 0 Å². The van der Waals surface area contributed by atoms with Gasteiger partial charge in [-0.3, -0.25) is 20.4 Å². The summed E-state index contributed by atoms with van der Waals surface area (Å²) in [5.41, 5.74) is -0.730. The van der Waals surface area contributed by atoms with E-state index in [1.807, 2.05) is 6.07 Å². The molecule has 0 saturated carbocycles. The first-order valence-corrected chi connectivity index (χ1v) is 13.7. The van der Waals surface area contributed by atoms with Crippen LogP contribution in [0.2, 0.25) is 0 Å². The molecular formula is C26H37N9O5. The molecule has 1 spiro atoms. The Morgan fingerprint density at radius 3 is 2.77 bits per heavy atom. The highest BCUT2D eigenvalue weighted by atomic mass is 16.5. The summed E-state index contributed by atoms with van der Waals surface area (Å²) in [5, 5.41) is 57.9. The van der Waals surface area contributed by atoms with E-state index in [0.29, 0.717) is 17.9 Å². The molecule has 0 bridgehead atoms. The van der Waals surface area contributed by atoms with Crippen molar-refractivity contribution in [3.05, 3.63) is 29.3 Å². The fourth-order valence-corrected chi connectivity index (χ4v) is 6.78. The molecule has 0 aromatic heterocycles. The summed E-state index contributed by atoms with van der Waals surface area (Å²) in [5.74, 6) is -3.11. The number of guanidine groups is 2. The molecule has 14 nitrogen and oxygen atoms in total. The number of carbonyl (C=O) groups is 2. The zero-order valence-electron chi connectivity index (χ0n) is 22.6. The first-order chi connectivity index (χ1) is 19.0. The third-order valence-corrected chi connectivity index (χ3v) is 9.04. The molecule has 0 unspecified atom stereocenters. The fraction of sp³-hybridized carbons (Fsp3) is 0.615. The molecule has 2 amide bonds. The van der Waals surface area contributed by atoms with Gasteiger partial charge in [0.15, 0.2) is 17.6 Å². The zero-order valence-corrected chi connectivity index (χ0v) is 22.6. The van der Waals surface area contributed by atoms with Crippen molar-refractivity contribution in [1.29, 1.82) is 10.8 Å². The third-order valence-electron chi connectivity index (χ3n) is 9.04. The molecule has 0 radical (unpaired) electrons. The van der Waals surface area contributed by atoms with Gasteiger partial charge in [-0.05, 0) is 37.3 Å². The quantitative estimate of drug-likeness (QED) is 0.178. The first-order valence-electron chi connectivity index (χ1n) is 13.7. The maximum Gasteiger partial charge on any atom is 0.255 e. The highest BCUT2D eigenvalue weighted by Crippen LogP contribution is 2.44. The van der Waals surface area contributed by atoms with Crippen molar-refractivity contribution in [2.45, 2.75) is 74.1 Å². The Morgan fingerprint density at radius 1 is 1.23 bits per heavy atom. The predicted octanol–water partition coefficient (Wildman–Crippen LogP) is -2.19. The van der Waals surface area contributed by atoms with Crippen LogP contribution in [0.1, 0.15) is 49.0 Å². The van der Waals surface area contributed by atoms with Crippen molar-refractivity contribution >= 4 is 23.7 Å². The van der Waals surface area contributed by atoms with Crippen LogP contribution in [0.4, 0.5) is 0 Å². The number of hydrogen-bond donors (Lipinski definition) is 10. The van der Waals surface area contributed by atoms with Gasteiger partial charge in [0.1, 0.15) is 11.8 Å². The molecule has 14 heteroatoms. The fourth-order valence-electron chi connectivity index (χ4n) is 6.78. The van der Waals surface area contributed by atoms with Crippen LogP contribution in [0.3, 0.4) is 0 Å². The van der Waals surface area contributed by atoms with Crippen LogP contribution in [0, 0.1) is 10.8 Å². The van der Waals surface area contributed by atoms with Crippen molar-refractivity contribution in [1.82, 2.24) is 36.8 Å². The molecule has 5 heterocycles. The van der Waals surface area contributed by atoms with Gasteiger partial charge in [0.25, 0.3) is 5.91 Å². The van der Waals surface area contributed by atoms with Gasteiger partial charge in [-0.25, -0.2) is 0 Å². The third kappa shape index (κ3) is 3.88. The van der Waals surface area contributed by atoms with E-state index >= 15 is 0 Å². The van der Waals surface area contributed by atoms with Crippen LogP contribution < -0.4 is 36.6 Å². The summed E-state index contributed by atoms with van der Waals surface area (Å²) in [6, 6.07) is 2.34. The minimum Gasteiger partial charge on any atom is -0.492 e. The molecule has 10 N–H and O–H groups in total. The average Bonchev–Trinajstić information content (AvgIpc) is 3.61. The lowest BCUT2D eigenvalue weighted by molar-refractivity contribution is -0.232. The summed E-state index contributed by atoms with van der Waals surface area (Å²) in [7, 11) is 0. The Labute approximate surface area is 231 Å². The standard InChI is InChI=1S/C26H37N9O5/c1-24(2)8-10-40-18-13(5-3-6-14(18)24)20(36)32-17-12-35-23(28)31-16(11-30-21(37)15-7-4-9-29-15)19-25(35,26(17,38)39)34-22(27)33-19/h3,5-6,15-17,19,29,38-39H,4,7-12H2,1-2H3,(H2,28,31)(H,30,37)(H,32,36)(H3,27,33,34)/t15-,16+,17+,19+,25+/m1/s1. The molecule has 4 saturated heterocycles. The van der Waals surface area contributed by atoms with E-state index in [9.17, 15) is 19.8 Å². The highest BCUT2D eigenvalue weighted by Gasteiger charge is 2.74. The summed E-state index contributed by atoms with van der Waals surface area (Å²) in [6.45, 7) is 5.38. The second kappa shape index (κ2) is 9.21. The number of aliphatic hydroxyl groups is 2. The van der Waals surface area contributed by atoms with Crippen molar-refractivity contribution in [2.24, 2.45) is 0 Å². The minimum absolute atomic E-state index is 0.0813. The van der Waals surface area contributed by atoms with E-state index in [0.717, 1.165) is 31.4 Å². The number of hydrogen-bond acceptors (Lipinski definition) is 8. The van der Waals surface area contributed by atoms with Gasteiger partial charge in [-0.1, -0.05) is 26.0 Å². The van der Waals surface area contributed by atoms with Crippen molar-refractivity contribution in [3.63, 3.8) is 0 Å². The van der Waals surface area contributed by atoms with Gasteiger partial charge in [-0.2, -0.15) is 0 Å².